The van der Waals surface area contributed by atoms with Gasteiger partial charge in [-0.2, -0.15) is 0 Å². The van der Waals surface area contributed by atoms with Crippen molar-refractivity contribution in [2.75, 3.05) is 0 Å². The van der Waals surface area contributed by atoms with Gasteiger partial charge >= 0.3 is 0 Å². The van der Waals surface area contributed by atoms with Crippen molar-refractivity contribution in [1.29, 1.82) is 0 Å². The van der Waals surface area contributed by atoms with Gasteiger partial charge in [-0.15, -0.1) is 29.3 Å². The van der Waals surface area contributed by atoms with Crippen LogP contribution in [-0.2, 0) is 32.3 Å². The van der Waals surface area contributed by atoms with E-state index in [1.807, 2.05) is 0 Å². The predicted molar refractivity (Wildman–Crippen MR) is 104 cm³/mol. The summed E-state index contributed by atoms with van der Waals surface area (Å²) >= 11 is 0. The minimum atomic E-state index is 0. The van der Waals surface area contributed by atoms with Crippen molar-refractivity contribution in [3.05, 3.63) is 108 Å². The quantitative estimate of drug-likeness (QED) is 0.215. The third kappa shape index (κ3) is 4.17. The Hall–Kier alpha value is -1.67. The predicted octanol–water partition coefficient (Wildman–Crippen LogP) is 0.397. The average molecular weight is 567 g/mol. The number of fused-ring (bicyclic) bond motifs is 3. The number of hydrogen-bond donors (Lipinski definition) is 0. The first kappa shape index (κ1) is 22.6. The summed E-state index contributed by atoms with van der Waals surface area (Å²) in [5.41, 5.74) is 10.4. The molecule has 0 bridgehead atoms. The molecule has 1 aliphatic rings. The molecule has 0 N–H and O–H groups in total. The van der Waals surface area contributed by atoms with Gasteiger partial charge < -0.3 is 24.8 Å². The Kier molecular flexibility index (Phi) is 7.83. The van der Waals surface area contributed by atoms with Crippen LogP contribution >= 0.6 is 0 Å². The van der Waals surface area contributed by atoms with E-state index in [-0.39, 0.29) is 50.7 Å². The third-order valence-electron chi connectivity index (χ3n) is 4.98. The molecule has 1 aliphatic carbocycles. The van der Waals surface area contributed by atoms with Crippen molar-refractivity contribution in [2.45, 2.75) is 6.42 Å². The molecule has 0 unspecified atom stereocenters. The van der Waals surface area contributed by atoms with Gasteiger partial charge in [0.25, 0.3) is 0 Å². The molecule has 0 aliphatic heterocycles. The minimum absolute atomic E-state index is 0. The Balaban J connectivity index is 0.000000934. The first-order valence-corrected chi connectivity index (χ1v) is 8.68. The summed E-state index contributed by atoms with van der Waals surface area (Å²) in [6, 6.07) is 36.0. The van der Waals surface area contributed by atoms with Crippen LogP contribution in [0, 0.1) is 6.07 Å². The molecule has 0 atom stereocenters. The maximum Gasteiger partial charge on any atom is 0 e. The molecule has 0 spiro atoms. The second-order valence-corrected chi connectivity index (χ2v) is 6.54. The number of rotatable bonds is 2. The van der Waals surface area contributed by atoms with Gasteiger partial charge in [0.15, 0.2) is 0 Å². The van der Waals surface area contributed by atoms with Crippen LogP contribution < -0.4 is 24.8 Å². The first-order chi connectivity index (χ1) is 12.4. The topological polar surface area (TPSA) is 0 Å². The van der Waals surface area contributed by atoms with E-state index in [2.05, 4.69) is 97.1 Å². The second kappa shape index (κ2) is 9.69. The summed E-state index contributed by atoms with van der Waals surface area (Å²) in [5.74, 6) is 0. The molecule has 5 rings (SSSR count). The summed E-state index contributed by atoms with van der Waals surface area (Å²) in [7, 11) is 0. The van der Waals surface area contributed by atoms with Gasteiger partial charge in [0.2, 0.25) is 0 Å². The standard InChI is InChI=1S/C25H17.2ClH.Hf/c1-3-7-18(8-4-1)20-11-13-24-22(15-20)17-23-16-21(12-14-25(23)24)19-9-5-2-6-10-19;;;/h1-15H,17H2;2*1H;/q-1;;;/p-2. The van der Waals surface area contributed by atoms with E-state index in [9.17, 15) is 0 Å². The van der Waals surface area contributed by atoms with E-state index in [4.69, 9.17) is 0 Å². The fourth-order valence-electron chi connectivity index (χ4n) is 3.72. The Morgan fingerprint density at radius 1 is 0.571 bits per heavy atom. The van der Waals surface area contributed by atoms with Crippen LogP contribution in [-0.4, -0.2) is 0 Å². The largest absolute Gasteiger partial charge is 1.00 e. The monoisotopic (exact) mass is 567 g/mol. The van der Waals surface area contributed by atoms with E-state index in [0.717, 1.165) is 6.42 Å². The smallest absolute Gasteiger partial charge is 0 e. The van der Waals surface area contributed by atoms with Crippen molar-refractivity contribution >= 4 is 0 Å². The fourth-order valence-corrected chi connectivity index (χ4v) is 3.72. The molecule has 28 heavy (non-hydrogen) atoms. The molecule has 0 saturated heterocycles. The van der Waals surface area contributed by atoms with E-state index in [1.54, 1.807) is 0 Å². The molecule has 0 nitrogen and oxygen atoms in total. The van der Waals surface area contributed by atoms with Gasteiger partial charge in [-0.25, -0.2) is 0 Å². The van der Waals surface area contributed by atoms with Crippen LogP contribution in [0.3, 0.4) is 0 Å². The van der Waals surface area contributed by atoms with Crippen molar-refractivity contribution in [3.8, 4) is 33.4 Å². The second-order valence-electron chi connectivity index (χ2n) is 6.54. The third-order valence-corrected chi connectivity index (χ3v) is 4.98. The summed E-state index contributed by atoms with van der Waals surface area (Å²) < 4.78 is 0. The van der Waals surface area contributed by atoms with E-state index >= 15 is 0 Å². The summed E-state index contributed by atoms with van der Waals surface area (Å²) in [4.78, 5) is 0. The van der Waals surface area contributed by atoms with Gasteiger partial charge in [-0.05, 0) is 23.1 Å². The van der Waals surface area contributed by atoms with Crippen LogP contribution in [0.1, 0.15) is 11.1 Å². The SMILES string of the molecule is [Cl-].[Cl-].[Hf].[c-]1c(-c2ccccc2)ccc2c1Cc1cc(-c3ccccc3)ccc1-2. The van der Waals surface area contributed by atoms with E-state index in [0.29, 0.717) is 0 Å². The van der Waals surface area contributed by atoms with Gasteiger partial charge in [0.05, 0.1) is 0 Å². The zero-order chi connectivity index (χ0) is 16.6. The molecule has 0 saturated carbocycles. The number of benzene rings is 4. The van der Waals surface area contributed by atoms with Crippen LogP contribution in [0.25, 0.3) is 33.4 Å². The zero-order valence-electron chi connectivity index (χ0n) is 15.1. The van der Waals surface area contributed by atoms with Crippen LogP contribution in [0.4, 0.5) is 0 Å². The molecular weight excluding hydrogens is 550 g/mol. The number of halogens is 2. The Bertz CT molecular complexity index is 973. The molecule has 4 aromatic rings. The minimum Gasteiger partial charge on any atom is -1.00 e. The van der Waals surface area contributed by atoms with Crippen molar-refractivity contribution in [2.24, 2.45) is 0 Å². The molecule has 0 heterocycles. The van der Waals surface area contributed by atoms with Crippen molar-refractivity contribution in [3.63, 3.8) is 0 Å². The molecule has 0 aromatic heterocycles. The maximum absolute atomic E-state index is 3.65. The average Bonchev–Trinajstić information content (AvgIpc) is 3.06. The summed E-state index contributed by atoms with van der Waals surface area (Å²) in [6.07, 6.45) is 0.964. The van der Waals surface area contributed by atoms with Crippen molar-refractivity contribution < 1.29 is 50.7 Å². The molecule has 4 aromatic carbocycles. The molecule has 138 valence electrons. The maximum atomic E-state index is 3.65. The van der Waals surface area contributed by atoms with Gasteiger partial charge in [0, 0.05) is 25.8 Å². The normalized spacial score (nSPS) is 10.6. The molecule has 0 amide bonds. The number of hydrogen-bond acceptors (Lipinski definition) is 0. The van der Waals surface area contributed by atoms with Crippen LogP contribution in [0.5, 0.6) is 0 Å². The molecule has 0 fully saturated rings. The van der Waals surface area contributed by atoms with Crippen LogP contribution in [0.2, 0.25) is 0 Å². The summed E-state index contributed by atoms with van der Waals surface area (Å²) in [6.45, 7) is 0. The molecular formula is C25H17Cl2Hf-3. The zero-order valence-corrected chi connectivity index (χ0v) is 20.2. The van der Waals surface area contributed by atoms with Crippen LogP contribution in [0.15, 0.2) is 91.0 Å². The fraction of sp³-hybridized carbons (Fsp3) is 0.0400. The Labute approximate surface area is 197 Å². The van der Waals surface area contributed by atoms with Gasteiger partial charge in [0.1, 0.15) is 0 Å². The Morgan fingerprint density at radius 2 is 1.18 bits per heavy atom. The van der Waals surface area contributed by atoms with Crippen molar-refractivity contribution in [1.82, 2.24) is 0 Å². The van der Waals surface area contributed by atoms with E-state index in [1.165, 1.54) is 44.5 Å². The molecule has 0 radical (unpaired) electrons. The summed E-state index contributed by atoms with van der Waals surface area (Å²) in [5, 5.41) is 0. The molecule has 3 heteroatoms. The van der Waals surface area contributed by atoms with Gasteiger partial charge in [-0.1, -0.05) is 95.6 Å². The van der Waals surface area contributed by atoms with Gasteiger partial charge in [-0.3, -0.25) is 0 Å². The Morgan fingerprint density at radius 3 is 1.86 bits per heavy atom. The first-order valence-electron chi connectivity index (χ1n) is 8.68. The van der Waals surface area contributed by atoms with E-state index < -0.39 is 0 Å².